The highest BCUT2D eigenvalue weighted by Gasteiger charge is 2.36. The third-order valence-corrected chi connectivity index (χ3v) is 4.58. The number of nitrogens with zero attached hydrogens (tertiary/aromatic N) is 2. The standard InChI is InChI=1S/C16H17N3O3S/c20-15-13(10-11-6-4-5-9-14(11)19(21)22)17-16(23)18(15)12-7-2-1-3-8-12/h4-6,9-10,12H,1-3,7-8H2,(H,17,23)/b13-10+. The van der Waals surface area contributed by atoms with Crippen LogP contribution in [0.25, 0.3) is 6.08 Å². The van der Waals surface area contributed by atoms with Crippen molar-refractivity contribution in [3.8, 4) is 0 Å². The Kier molecular flexibility index (Phi) is 4.38. The Hall–Kier alpha value is -2.28. The molecule has 0 bridgehead atoms. The molecule has 1 saturated carbocycles. The van der Waals surface area contributed by atoms with E-state index < -0.39 is 4.92 Å². The summed E-state index contributed by atoms with van der Waals surface area (Å²) in [5.41, 5.74) is 0.660. The lowest BCUT2D eigenvalue weighted by Crippen LogP contribution is -2.41. The van der Waals surface area contributed by atoms with Gasteiger partial charge in [0.05, 0.1) is 10.5 Å². The maximum absolute atomic E-state index is 12.6. The zero-order chi connectivity index (χ0) is 16.4. The molecule has 7 heteroatoms. The van der Waals surface area contributed by atoms with E-state index in [0.717, 1.165) is 25.7 Å². The smallest absolute Gasteiger partial charge is 0.276 e. The highest BCUT2D eigenvalue weighted by Crippen LogP contribution is 2.28. The molecule has 1 aromatic carbocycles. The van der Waals surface area contributed by atoms with Crippen LogP contribution in [-0.4, -0.2) is 26.9 Å². The van der Waals surface area contributed by atoms with Gasteiger partial charge < -0.3 is 5.32 Å². The zero-order valence-electron chi connectivity index (χ0n) is 12.5. The fourth-order valence-electron chi connectivity index (χ4n) is 3.15. The quantitative estimate of drug-likeness (QED) is 0.399. The van der Waals surface area contributed by atoms with E-state index in [-0.39, 0.29) is 17.6 Å². The van der Waals surface area contributed by atoms with Gasteiger partial charge in [-0.2, -0.15) is 0 Å². The van der Waals surface area contributed by atoms with Crippen molar-refractivity contribution in [2.24, 2.45) is 0 Å². The average Bonchev–Trinajstić information content (AvgIpc) is 2.82. The second-order valence-corrected chi connectivity index (χ2v) is 6.16. The van der Waals surface area contributed by atoms with Gasteiger partial charge in [0, 0.05) is 12.1 Å². The van der Waals surface area contributed by atoms with E-state index in [2.05, 4.69) is 5.32 Å². The third-order valence-electron chi connectivity index (χ3n) is 4.28. The van der Waals surface area contributed by atoms with Crippen LogP contribution < -0.4 is 5.32 Å². The van der Waals surface area contributed by atoms with Crippen molar-refractivity contribution >= 4 is 35.0 Å². The highest BCUT2D eigenvalue weighted by molar-refractivity contribution is 7.80. The normalized spacial score (nSPS) is 20.9. The number of rotatable bonds is 3. The van der Waals surface area contributed by atoms with Gasteiger partial charge in [0.1, 0.15) is 5.70 Å². The van der Waals surface area contributed by atoms with E-state index in [4.69, 9.17) is 12.2 Å². The number of amides is 1. The molecule has 1 N–H and O–H groups in total. The van der Waals surface area contributed by atoms with Gasteiger partial charge in [-0.05, 0) is 37.2 Å². The monoisotopic (exact) mass is 331 g/mol. The maximum Gasteiger partial charge on any atom is 0.276 e. The van der Waals surface area contributed by atoms with E-state index >= 15 is 0 Å². The number of thiocarbonyl (C=S) groups is 1. The van der Waals surface area contributed by atoms with Crippen molar-refractivity contribution in [3.63, 3.8) is 0 Å². The molecule has 1 aromatic rings. The third kappa shape index (κ3) is 3.10. The van der Waals surface area contributed by atoms with Crippen LogP contribution in [0.2, 0.25) is 0 Å². The molecule has 1 amide bonds. The lowest BCUT2D eigenvalue weighted by atomic mass is 9.94. The molecule has 3 rings (SSSR count). The molecule has 0 atom stereocenters. The minimum absolute atomic E-state index is 0.0309. The van der Waals surface area contributed by atoms with Crippen LogP contribution in [0.3, 0.4) is 0 Å². The topological polar surface area (TPSA) is 75.5 Å². The fraction of sp³-hybridized carbons (Fsp3) is 0.375. The first-order chi connectivity index (χ1) is 11.1. The van der Waals surface area contributed by atoms with Crippen molar-refractivity contribution in [2.45, 2.75) is 38.1 Å². The van der Waals surface area contributed by atoms with Gasteiger partial charge in [-0.3, -0.25) is 19.8 Å². The van der Waals surface area contributed by atoms with Gasteiger partial charge >= 0.3 is 0 Å². The molecular formula is C16H17N3O3S. The minimum atomic E-state index is -0.455. The molecule has 23 heavy (non-hydrogen) atoms. The first-order valence-corrected chi connectivity index (χ1v) is 8.08. The van der Waals surface area contributed by atoms with Crippen LogP contribution in [0, 0.1) is 10.1 Å². The van der Waals surface area contributed by atoms with Crippen LogP contribution in [0.5, 0.6) is 0 Å². The first-order valence-electron chi connectivity index (χ1n) is 7.67. The molecule has 0 aromatic heterocycles. The second-order valence-electron chi connectivity index (χ2n) is 5.77. The van der Waals surface area contributed by atoms with Gasteiger partial charge in [0.25, 0.3) is 11.6 Å². The van der Waals surface area contributed by atoms with Crippen LogP contribution in [0.1, 0.15) is 37.7 Å². The molecule has 2 aliphatic rings. The van der Waals surface area contributed by atoms with Gasteiger partial charge in [-0.25, -0.2) is 0 Å². The van der Waals surface area contributed by atoms with Gasteiger partial charge in [0.15, 0.2) is 5.11 Å². The maximum atomic E-state index is 12.6. The lowest BCUT2D eigenvalue weighted by Gasteiger charge is -2.29. The molecule has 0 radical (unpaired) electrons. The van der Waals surface area contributed by atoms with E-state index in [1.165, 1.54) is 18.6 Å². The predicted octanol–water partition coefficient (Wildman–Crippen LogP) is 2.99. The number of nitro groups is 1. The summed E-state index contributed by atoms with van der Waals surface area (Å²) >= 11 is 5.30. The summed E-state index contributed by atoms with van der Waals surface area (Å²) in [6.45, 7) is 0. The molecular weight excluding hydrogens is 314 g/mol. The molecule has 1 saturated heterocycles. The number of carbonyl (C=O) groups excluding carboxylic acids is 1. The Morgan fingerprint density at radius 2 is 1.96 bits per heavy atom. The largest absolute Gasteiger partial charge is 0.328 e. The lowest BCUT2D eigenvalue weighted by molar-refractivity contribution is -0.385. The summed E-state index contributed by atoms with van der Waals surface area (Å²) in [6, 6.07) is 6.47. The summed E-state index contributed by atoms with van der Waals surface area (Å²) in [7, 11) is 0. The number of hydrogen-bond donors (Lipinski definition) is 1. The summed E-state index contributed by atoms with van der Waals surface area (Å²) in [5, 5.41) is 14.4. The number of nitrogens with one attached hydrogen (secondary N) is 1. The van der Waals surface area contributed by atoms with E-state index in [9.17, 15) is 14.9 Å². The summed E-state index contributed by atoms with van der Waals surface area (Å²) in [6.07, 6.45) is 6.80. The first kappa shape index (κ1) is 15.6. The number of hydrogen-bond acceptors (Lipinski definition) is 4. The number of nitro benzene ring substituents is 1. The van der Waals surface area contributed by atoms with E-state index in [1.54, 1.807) is 23.1 Å². The molecule has 6 nitrogen and oxygen atoms in total. The molecule has 120 valence electrons. The fourth-order valence-corrected chi connectivity index (χ4v) is 3.49. The second kappa shape index (κ2) is 6.45. The van der Waals surface area contributed by atoms with Crippen molar-refractivity contribution < 1.29 is 9.72 Å². The summed E-state index contributed by atoms with van der Waals surface area (Å²) in [5.74, 6) is -0.194. The Bertz CT molecular complexity index is 696. The van der Waals surface area contributed by atoms with Gasteiger partial charge in [-0.1, -0.05) is 31.4 Å². The molecule has 1 aliphatic carbocycles. The van der Waals surface area contributed by atoms with Crippen molar-refractivity contribution in [1.82, 2.24) is 10.2 Å². The SMILES string of the molecule is O=C1/C(=C\c2ccccc2[N+](=O)[O-])NC(=S)N1C1CCCCC1. The van der Waals surface area contributed by atoms with Crippen molar-refractivity contribution in [2.75, 3.05) is 0 Å². The number of carbonyl (C=O) groups is 1. The molecule has 1 aliphatic heterocycles. The average molecular weight is 331 g/mol. The molecule has 0 unspecified atom stereocenters. The van der Waals surface area contributed by atoms with Crippen LogP contribution in [0.4, 0.5) is 5.69 Å². The summed E-state index contributed by atoms with van der Waals surface area (Å²) < 4.78 is 0. The van der Waals surface area contributed by atoms with E-state index in [0.29, 0.717) is 16.4 Å². The van der Waals surface area contributed by atoms with Gasteiger partial charge in [0.2, 0.25) is 0 Å². The Morgan fingerprint density at radius 3 is 2.65 bits per heavy atom. The van der Waals surface area contributed by atoms with Crippen molar-refractivity contribution in [1.29, 1.82) is 0 Å². The van der Waals surface area contributed by atoms with Crippen LogP contribution >= 0.6 is 12.2 Å². The van der Waals surface area contributed by atoms with Gasteiger partial charge in [-0.15, -0.1) is 0 Å². The number of para-hydroxylation sites is 1. The van der Waals surface area contributed by atoms with Crippen LogP contribution in [0.15, 0.2) is 30.0 Å². The zero-order valence-corrected chi connectivity index (χ0v) is 13.3. The Morgan fingerprint density at radius 1 is 1.26 bits per heavy atom. The Labute approximate surface area is 139 Å². The van der Waals surface area contributed by atoms with Crippen molar-refractivity contribution in [3.05, 3.63) is 45.6 Å². The molecule has 0 spiro atoms. The Balaban J connectivity index is 1.88. The highest BCUT2D eigenvalue weighted by atomic mass is 32.1. The predicted molar refractivity (Wildman–Crippen MR) is 90.5 cm³/mol. The van der Waals surface area contributed by atoms with E-state index in [1.807, 2.05) is 0 Å². The summed E-state index contributed by atoms with van der Waals surface area (Å²) in [4.78, 5) is 24.9. The molecule has 1 heterocycles. The minimum Gasteiger partial charge on any atom is -0.328 e. The van der Waals surface area contributed by atoms with Crippen LogP contribution in [-0.2, 0) is 4.79 Å². The molecule has 2 fully saturated rings. The number of benzene rings is 1.